The molecule has 3 aromatic rings. The van der Waals surface area contributed by atoms with Crippen molar-refractivity contribution in [3.63, 3.8) is 0 Å². The molecule has 0 saturated heterocycles. The summed E-state index contributed by atoms with van der Waals surface area (Å²) < 4.78 is 10.8. The quantitative estimate of drug-likeness (QED) is 0.676. The lowest BCUT2D eigenvalue weighted by atomic mass is 10.1. The number of fused-ring (bicyclic) bond motifs is 1. The molecule has 138 valence electrons. The van der Waals surface area contributed by atoms with Crippen LogP contribution in [0.15, 0.2) is 48.5 Å². The minimum atomic E-state index is 0.283. The third-order valence-corrected chi connectivity index (χ3v) is 4.41. The van der Waals surface area contributed by atoms with Gasteiger partial charge in [-0.1, -0.05) is 31.2 Å². The zero-order valence-corrected chi connectivity index (χ0v) is 15.5. The monoisotopic (exact) mass is 362 g/mol. The van der Waals surface area contributed by atoms with Crippen LogP contribution in [0.25, 0.3) is 0 Å². The summed E-state index contributed by atoms with van der Waals surface area (Å²) in [4.78, 5) is 9.11. The van der Waals surface area contributed by atoms with Crippen LogP contribution in [0.4, 0.5) is 17.5 Å². The lowest BCUT2D eigenvalue weighted by Crippen LogP contribution is -2.06. The van der Waals surface area contributed by atoms with Crippen molar-refractivity contribution in [2.24, 2.45) is 0 Å². The van der Waals surface area contributed by atoms with E-state index in [0.717, 1.165) is 40.7 Å². The Morgan fingerprint density at radius 2 is 1.85 bits per heavy atom. The highest BCUT2D eigenvalue weighted by molar-refractivity contribution is 5.59. The molecule has 2 heterocycles. The van der Waals surface area contributed by atoms with Crippen molar-refractivity contribution in [2.75, 3.05) is 17.4 Å². The zero-order chi connectivity index (χ0) is 18.6. The smallest absolute Gasteiger partial charge is 0.231 e. The van der Waals surface area contributed by atoms with Crippen molar-refractivity contribution in [3.05, 3.63) is 65.4 Å². The molecule has 4 rings (SSSR count). The van der Waals surface area contributed by atoms with Crippen molar-refractivity contribution >= 4 is 17.5 Å². The summed E-state index contributed by atoms with van der Waals surface area (Å²) in [5.74, 6) is 2.94. The average molecular weight is 362 g/mol. The van der Waals surface area contributed by atoms with Gasteiger partial charge in [-0.05, 0) is 42.7 Å². The Hall–Kier alpha value is -3.28. The van der Waals surface area contributed by atoms with Crippen LogP contribution in [0.1, 0.15) is 23.7 Å². The van der Waals surface area contributed by atoms with Crippen molar-refractivity contribution in [2.45, 2.75) is 26.8 Å². The Morgan fingerprint density at radius 3 is 2.74 bits per heavy atom. The second kappa shape index (κ2) is 7.53. The number of para-hydroxylation sites is 1. The molecule has 1 aromatic heterocycles. The van der Waals surface area contributed by atoms with E-state index in [0.29, 0.717) is 12.5 Å². The van der Waals surface area contributed by atoms with Gasteiger partial charge in [0.2, 0.25) is 12.7 Å². The summed E-state index contributed by atoms with van der Waals surface area (Å²) in [5, 5.41) is 6.70. The predicted octanol–water partition coefficient (Wildman–Crippen LogP) is 4.43. The van der Waals surface area contributed by atoms with Crippen LogP contribution in [0.3, 0.4) is 0 Å². The molecule has 2 N–H and O–H groups in total. The molecule has 6 nitrogen and oxygen atoms in total. The summed E-state index contributed by atoms with van der Waals surface area (Å²) in [5.41, 5.74) is 4.26. The molecule has 2 aromatic carbocycles. The van der Waals surface area contributed by atoms with E-state index < -0.39 is 0 Å². The van der Waals surface area contributed by atoms with Gasteiger partial charge in [-0.15, -0.1) is 0 Å². The number of aryl methyl sites for hydroxylation is 2. The summed E-state index contributed by atoms with van der Waals surface area (Å²) in [6.07, 6.45) is 0.949. The topological polar surface area (TPSA) is 68.3 Å². The van der Waals surface area contributed by atoms with Crippen LogP contribution in [-0.2, 0) is 13.0 Å². The molecule has 1 aliphatic rings. The molecular weight excluding hydrogens is 340 g/mol. The van der Waals surface area contributed by atoms with Crippen molar-refractivity contribution in [1.29, 1.82) is 0 Å². The third-order valence-electron chi connectivity index (χ3n) is 4.41. The summed E-state index contributed by atoms with van der Waals surface area (Å²) >= 11 is 0. The molecule has 6 heteroatoms. The average Bonchev–Trinajstić information content (AvgIpc) is 3.14. The van der Waals surface area contributed by atoms with E-state index in [-0.39, 0.29) is 6.79 Å². The number of rotatable bonds is 6. The zero-order valence-electron chi connectivity index (χ0n) is 15.5. The Balaban J connectivity index is 1.49. The first-order valence-electron chi connectivity index (χ1n) is 9.04. The van der Waals surface area contributed by atoms with Gasteiger partial charge in [0.15, 0.2) is 11.5 Å². The molecule has 0 spiro atoms. The predicted molar refractivity (Wildman–Crippen MR) is 106 cm³/mol. The van der Waals surface area contributed by atoms with Crippen LogP contribution in [-0.4, -0.2) is 16.8 Å². The van der Waals surface area contributed by atoms with Gasteiger partial charge in [0.05, 0.1) is 0 Å². The molecular formula is C21H22N4O2. The van der Waals surface area contributed by atoms with Crippen LogP contribution >= 0.6 is 0 Å². The number of anilines is 3. The maximum Gasteiger partial charge on any atom is 0.231 e. The molecule has 27 heavy (non-hydrogen) atoms. The minimum Gasteiger partial charge on any atom is -0.454 e. The van der Waals surface area contributed by atoms with E-state index in [1.807, 2.05) is 49.4 Å². The van der Waals surface area contributed by atoms with Crippen LogP contribution in [0, 0.1) is 6.92 Å². The van der Waals surface area contributed by atoms with Gasteiger partial charge in [0.1, 0.15) is 5.82 Å². The highest BCUT2D eigenvalue weighted by Gasteiger charge is 2.13. The molecule has 0 saturated carbocycles. The third kappa shape index (κ3) is 3.95. The Labute approximate surface area is 158 Å². The second-order valence-corrected chi connectivity index (χ2v) is 6.40. The van der Waals surface area contributed by atoms with Gasteiger partial charge in [-0.2, -0.15) is 4.98 Å². The normalized spacial score (nSPS) is 12.1. The van der Waals surface area contributed by atoms with Gasteiger partial charge in [-0.3, -0.25) is 0 Å². The van der Waals surface area contributed by atoms with Crippen molar-refractivity contribution in [3.8, 4) is 11.5 Å². The molecule has 0 unspecified atom stereocenters. The fourth-order valence-corrected chi connectivity index (χ4v) is 3.03. The molecule has 0 fully saturated rings. The Bertz CT molecular complexity index is 959. The first-order chi connectivity index (χ1) is 13.2. The van der Waals surface area contributed by atoms with E-state index in [1.165, 1.54) is 5.56 Å². The van der Waals surface area contributed by atoms with E-state index in [1.54, 1.807) is 0 Å². The molecule has 0 aliphatic carbocycles. The number of nitrogens with one attached hydrogen (secondary N) is 2. The van der Waals surface area contributed by atoms with Gasteiger partial charge < -0.3 is 20.1 Å². The van der Waals surface area contributed by atoms with Crippen LogP contribution in [0.2, 0.25) is 0 Å². The lowest BCUT2D eigenvalue weighted by molar-refractivity contribution is 0.174. The standard InChI is InChI=1S/C21H22N4O2/c1-3-16-6-4-5-7-17(16)24-21-23-14(2)10-20(25-21)22-12-15-8-9-18-19(11-15)27-13-26-18/h4-11H,3,12-13H2,1-2H3,(H2,22,23,24,25). The maximum absolute atomic E-state index is 5.43. The summed E-state index contributed by atoms with van der Waals surface area (Å²) in [6, 6.07) is 16.1. The molecule has 0 radical (unpaired) electrons. The molecule has 0 atom stereocenters. The molecule has 0 bridgehead atoms. The highest BCUT2D eigenvalue weighted by atomic mass is 16.7. The fourth-order valence-electron chi connectivity index (χ4n) is 3.03. The highest BCUT2D eigenvalue weighted by Crippen LogP contribution is 2.32. The summed E-state index contributed by atoms with van der Waals surface area (Å²) in [7, 11) is 0. The van der Waals surface area contributed by atoms with E-state index >= 15 is 0 Å². The maximum atomic E-state index is 5.43. The summed E-state index contributed by atoms with van der Waals surface area (Å²) in [6.45, 7) is 5.02. The van der Waals surface area contributed by atoms with Gasteiger partial charge in [0, 0.05) is 24.0 Å². The number of hydrogen-bond acceptors (Lipinski definition) is 6. The second-order valence-electron chi connectivity index (χ2n) is 6.40. The van der Waals surface area contributed by atoms with Gasteiger partial charge in [-0.25, -0.2) is 4.98 Å². The Kier molecular flexibility index (Phi) is 4.78. The number of aromatic nitrogens is 2. The number of benzene rings is 2. The van der Waals surface area contributed by atoms with Crippen molar-refractivity contribution in [1.82, 2.24) is 9.97 Å². The number of nitrogens with zero attached hydrogens (tertiary/aromatic N) is 2. The van der Waals surface area contributed by atoms with E-state index in [9.17, 15) is 0 Å². The van der Waals surface area contributed by atoms with Crippen LogP contribution in [0.5, 0.6) is 11.5 Å². The molecule has 1 aliphatic heterocycles. The van der Waals surface area contributed by atoms with E-state index in [4.69, 9.17) is 9.47 Å². The number of ether oxygens (including phenoxy) is 2. The number of hydrogen-bond donors (Lipinski definition) is 2. The SMILES string of the molecule is CCc1ccccc1Nc1nc(C)cc(NCc2ccc3c(c2)OCO3)n1. The Morgan fingerprint density at radius 1 is 1.00 bits per heavy atom. The van der Waals surface area contributed by atoms with E-state index in [2.05, 4.69) is 33.6 Å². The fraction of sp³-hybridized carbons (Fsp3) is 0.238. The van der Waals surface area contributed by atoms with Crippen molar-refractivity contribution < 1.29 is 9.47 Å². The van der Waals surface area contributed by atoms with Gasteiger partial charge in [0.25, 0.3) is 0 Å². The van der Waals surface area contributed by atoms with Crippen LogP contribution < -0.4 is 20.1 Å². The minimum absolute atomic E-state index is 0.283. The molecule has 0 amide bonds. The largest absolute Gasteiger partial charge is 0.454 e. The first kappa shape index (κ1) is 17.1. The lowest BCUT2D eigenvalue weighted by Gasteiger charge is -2.12. The van der Waals surface area contributed by atoms with Gasteiger partial charge >= 0.3 is 0 Å². The first-order valence-corrected chi connectivity index (χ1v) is 9.04.